The van der Waals surface area contributed by atoms with Crippen molar-refractivity contribution in [2.24, 2.45) is 0 Å². The number of nitrogens with one attached hydrogen (secondary N) is 1. The Hall–Kier alpha value is -0.620. The molecule has 0 radical (unpaired) electrons. The van der Waals surface area contributed by atoms with Crippen molar-refractivity contribution in [3.63, 3.8) is 0 Å². The van der Waals surface area contributed by atoms with Crippen LogP contribution in [0.1, 0.15) is 12.8 Å². The zero-order chi connectivity index (χ0) is 12.8. The molecule has 3 rings (SSSR count). The highest BCUT2D eigenvalue weighted by atomic mass is 35.5. The van der Waals surface area contributed by atoms with Gasteiger partial charge in [-0.2, -0.15) is 4.31 Å². The predicted molar refractivity (Wildman–Crippen MR) is 70.2 cm³/mol. The summed E-state index contributed by atoms with van der Waals surface area (Å²) in [6.45, 7) is 1.47. The molecular formula is C12H15ClN2O2S. The van der Waals surface area contributed by atoms with Crippen LogP contribution in [-0.4, -0.2) is 37.9 Å². The van der Waals surface area contributed by atoms with E-state index in [2.05, 4.69) is 5.32 Å². The molecule has 0 aromatic heterocycles. The smallest absolute Gasteiger partial charge is 0.245 e. The highest BCUT2D eigenvalue weighted by Crippen LogP contribution is 2.34. The van der Waals surface area contributed by atoms with E-state index in [1.54, 1.807) is 28.6 Å². The summed E-state index contributed by atoms with van der Waals surface area (Å²) in [5.41, 5.74) is 0. The van der Waals surface area contributed by atoms with Crippen LogP contribution in [0.5, 0.6) is 0 Å². The molecule has 0 saturated carbocycles. The van der Waals surface area contributed by atoms with Gasteiger partial charge in [0.15, 0.2) is 0 Å². The van der Waals surface area contributed by atoms with Crippen LogP contribution in [0.4, 0.5) is 0 Å². The topological polar surface area (TPSA) is 49.4 Å². The summed E-state index contributed by atoms with van der Waals surface area (Å²) in [6.07, 6.45) is 1.86. The van der Waals surface area contributed by atoms with Gasteiger partial charge < -0.3 is 5.32 Å². The third kappa shape index (κ3) is 1.86. The molecule has 0 amide bonds. The second-order valence-corrected chi connectivity index (χ2v) is 7.03. The fraction of sp³-hybridized carbons (Fsp3) is 0.500. The van der Waals surface area contributed by atoms with E-state index in [1.807, 2.05) is 0 Å². The first-order chi connectivity index (χ1) is 8.60. The van der Waals surface area contributed by atoms with E-state index in [9.17, 15) is 8.42 Å². The van der Waals surface area contributed by atoms with Crippen molar-refractivity contribution in [3.05, 3.63) is 29.3 Å². The van der Waals surface area contributed by atoms with Crippen molar-refractivity contribution in [3.8, 4) is 0 Å². The lowest BCUT2D eigenvalue weighted by Crippen LogP contribution is -2.54. The molecule has 1 N–H and O–H groups in total. The van der Waals surface area contributed by atoms with Crippen LogP contribution >= 0.6 is 11.6 Å². The number of sulfonamides is 1. The third-order valence-electron chi connectivity index (χ3n) is 3.70. The Morgan fingerprint density at radius 1 is 1.17 bits per heavy atom. The highest BCUT2D eigenvalue weighted by molar-refractivity contribution is 7.89. The molecule has 0 aliphatic carbocycles. The molecule has 2 fully saturated rings. The summed E-state index contributed by atoms with van der Waals surface area (Å²) in [5, 5.41) is 3.58. The largest absolute Gasteiger partial charge is 0.314 e. The number of nitrogens with zero attached hydrogens (tertiary/aromatic N) is 1. The zero-order valence-electron chi connectivity index (χ0n) is 9.84. The molecule has 1 aromatic rings. The Morgan fingerprint density at radius 3 is 2.39 bits per heavy atom. The van der Waals surface area contributed by atoms with Crippen LogP contribution in [-0.2, 0) is 10.0 Å². The molecule has 0 spiro atoms. The zero-order valence-corrected chi connectivity index (χ0v) is 11.4. The molecule has 2 heterocycles. The normalized spacial score (nSPS) is 28.5. The summed E-state index contributed by atoms with van der Waals surface area (Å²) in [7, 11) is -3.47. The van der Waals surface area contributed by atoms with Gasteiger partial charge >= 0.3 is 0 Å². The number of hydrogen-bond donors (Lipinski definition) is 1. The Labute approximate surface area is 112 Å². The second-order valence-electron chi connectivity index (χ2n) is 4.81. The number of hydrogen-bond acceptors (Lipinski definition) is 3. The third-order valence-corrected chi connectivity index (χ3v) is 6.21. The standard InChI is InChI=1S/C12H15ClN2O2S/c13-11-3-1-2-4-12(11)18(16,17)15-9-5-6-10(15)8-14-7-9/h1-4,9-10,14H,5-8H2. The lowest BCUT2D eigenvalue weighted by molar-refractivity contribution is 0.263. The molecular weight excluding hydrogens is 272 g/mol. The minimum atomic E-state index is -3.47. The Bertz CT molecular complexity index is 545. The highest BCUT2D eigenvalue weighted by Gasteiger charge is 2.44. The van der Waals surface area contributed by atoms with Gasteiger partial charge in [-0.15, -0.1) is 0 Å². The molecule has 2 bridgehead atoms. The summed E-state index contributed by atoms with van der Waals surface area (Å²) in [4.78, 5) is 0.227. The van der Waals surface area contributed by atoms with Gasteiger partial charge in [-0.3, -0.25) is 0 Å². The Morgan fingerprint density at radius 2 is 1.78 bits per heavy atom. The van der Waals surface area contributed by atoms with Gasteiger partial charge in [0, 0.05) is 25.2 Å². The van der Waals surface area contributed by atoms with Gasteiger partial charge in [0.1, 0.15) is 4.90 Å². The van der Waals surface area contributed by atoms with Crippen LogP contribution in [0.25, 0.3) is 0 Å². The van der Waals surface area contributed by atoms with Crippen LogP contribution in [0.2, 0.25) is 5.02 Å². The van der Waals surface area contributed by atoms with Crippen LogP contribution in [0.3, 0.4) is 0 Å². The fourth-order valence-corrected chi connectivity index (χ4v) is 5.26. The SMILES string of the molecule is O=S(=O)(c1ccccc1Cl)N1C2CCC1CNC2. The van der Waals surface area contributed by atoms with Gasteiger partial charge in [-0.05, 0) is 25.0 Å². The maximum Gasteiger partial charge on any atom is 0.245 e. The fourth-order valence-electron chi connectivity index (χ4n) is 2.90. The second kappa shape index (κ2) is 4.49. The lowest BCUT2D eigenvalue weighted by Gasteiger charge is -2.34. The lowest BCUT2D eigenvalue weighted by atomic mass is 10.2. The Balaban J connectivity index is 2.03. The van der Waals surface area contributed by atoms with Gasteiger partial charge in [0.25, 0.3) is 0 Å². The number of rotatable bonds is 2. The maximum absolute atomic E-state index is 12.7. The van der Waals surface area contributed by atoms with Crippen molar-refractivity contribution < 1.29 is 8.42 Å². The summed E-state index contributed by atoms with van der Waals surface area (Å²) in [6, 6.07) is 6.81. The molecule has 98 valence electrons. The van der Waals surface area contributed by atoms with E-state index in [1.165, 1.54) is 0 Å². The summed E-state index contributed by atoms with van der Waals surface area (Å²) >= 11 is 6.02. The average Bonchev–Trinajstić information content (AvgIpc) is 2.62. The van der Waals surface area contributed by atoms with Crippen molar-refractivity contribution in [2.45, 2.75) is 29.8 Å². The van der Waals surface area contributed by atoms with Gasteiger partial charge in [-0.1, -0.05) is 23.7 Å². The Kier molecular flexibility index (Phi) is 3.10. The van der Waals surface area contributed by atoms with Crippen molar-refractivity contribution in [2.75, 3.05) is 13.1 Å². The number of piperazine rings is 1. The van der Waals surface area contributed by atoms with Crippen LogP contribution in [0, 0.1) is 0 Å². The molecule has 2 unspecified atom stereocenters. The molecule has 2 atom stereocenters. The molecule has 2 saturated heterocycles. The molecule has 18 heavy (non-hydrogen) atoms. The summed E-state index contributed by atoms with van der Waals surface area (Å²) < 4.78 is 27.0. The monoisotopic (exact) mass is 286 g/mol. The average molecular weight is 287 g/mol. The van der Waals surface area contributed by atoms with Crippen molar-refractivity contribution in [1.82, 2.24) is 9.62 Å². The molecule has 4 nitrogen and oxygen atoms in total. The van der Waals surface area contributed by atoms with Gasteiger partial charge in [0.2, 0.25) is 10.0 Å². The van der Waals surface area contributed by atoms with E-state index < -0.39 is 10.0 Å². The molecule has 2 aliphatic rings. The molecule has 2 aliphatic heterocycles. The van der Waals surface area contributed by atoms with Gasteiger partial charge in [-0.25, -0.2) is 8.42 Å². The minimum Gasteiger partial charge on any atom is -0.314 e. The molecule has 6 heteroatoms. The van der Waals surface area contributed by atoms with Crippen molar-refractivity contribution >= 4 is 21.6 Å². The van der Waals surface area contributed by atoms with Crippen LogP contribution < -0.4 is 5.32 Å². The summed E-state index contributed by atoms with van der Waals surface area (Å²) in [5.74, 6) is 0. The number of benzene rings is 1. The quantitative estimate of drug-likeness (QED) is 0.896. The van der Waals surface area contributed by atoms with E-state index in [4.69, 9.17) is 11.6 Å². The van der Waals surface area contributed by atoms with Gasteiger partial charge in [0.05, 0.1) is 5.02 Å². The van der Waals surface area contributed by atoms with E-state index in [0.29, 0.717) is 5.02 Å². The van der Waals surface area contributed by atoms with E-state index >= 15 is 0 Å². The first kappa shape index (κ1) is 12.4. The first-order valence-electron chi connectivity index (χ1n) is 6.09. The maximum atomic E-state index is 12.7. The number of halogens is 1. The minimum absolute atomic E-state index is 0.0741. The molecule has 1 aromatic carbocycles. The van der Waals surface area contributed by atoms with E-state index in [-0.39, 0.29) is 17.0 Å². The first-order valence-corrected chi connectivity index (χ1v) is 7.91. The number of fused-ring (bicyclic) bond motifs is 2. The van der Waals surface area contributed by atoms with E-state index in [0.717, 1.165) is 25.9 Å². The van der Waals surface area contributed by atoms with Crippen molar-refractivity contribution in [1.29, 1.82) is 0 Å². The predicted octanol–water partition coefficient (Wildman–Crippen LogP) is 1.46. The van der Waals surface area contributed by atoms with Crippen LogP contribution in [0.15, 0.2) is 29.2 Å².